The fraction of sp³-hybridized carbons (Fsp3) is 0.933. The summed E-state index contributed by atoms with van der Waals surface area (Å²) in [5, 5.41) is 9.42. The number of rotatable bonds is 26. The molecule has 0 unspecified atom stereocenters. The molecule has 0 spiro atoms. The molecule has 0 fully saturated rings. The molecule has 0 heterocycles. The Bertz CT molecular complexity index is 477. The van der Waals surface area contributed by atoms with Gasteiger partial charge in [-0.3, -0.25) is 9.59 Å². The van der Waals surface area contributed by atoms with E-state index in [1.165, 1.54) is 83.5 Å². The summed E-state index contributed by atoms with van der Waals surface area (Å²) in [4.78, 5) is 23.9. The van der Waals surface area contributed by atoms with Crippen molar-refractivity contribution in [1.82, 2.24) is 0 Å². The summed E-state index contributed by atoms with van der Waals surface area (Å²) in [7, 11) is 0. The lowest BCUT2D eigenvalue weighted by molar-refractivity contribution is -0.161. The van der Waals surface area contributed by atoms with E-state index in [4.69, 9.17) is 9.47 Å². The molecule has 0 aromatic carbocycles. The Kier molecular flexibility index (Phi) is 25.2. The summed E-state index contributed by atoms with van der Waals surface area (Å²) in [5.74, 6) is 0.243. The van der Waals surface area contributed by atoms with Crippen molar-refractivity contribution in [2.45, 2.75) is 162 Å². The van der Waals surface area contributed by atoms with Crippen LogP contribution in [0.3, 0.4) is 0 Å². The molecule has 0 radical (unpaired) electrons. The van der Waals surface area contributed by atoms with E-state index < -0.39 is 6.10 Å². The maximum atomic E-state index is 11.9. The zero-order valence-electron chi connectivity index (χ0n) is 23.5. The number of aliphatic hydroxyl groups excluding tert-OH is 1. The summed E-state index contributed by atoms with van der Waals surface area (Å²) < 4.78 is 10.5. The second-order valence-corrected chi connectivity index (χ2v) is 10.7. The van der Waals surface area contributed by atoms with Crippen molar-refractivity contribution in [2.24, 2.45) is 5.92 Å². The van der Waals surface area contributed by atoms with Crippen molar-refractivity contribution in [1.29, 1.82) is 0 Å². The van der Waals surface area contributed by atoms with Crippen molar-refractivity contribution in [2.75, 3.05) is 13.2 Å². The normalized spacial score (nSPS) is 12.1. The molecule has 0 aliphatic carbocycles. The highest BCUT2D eigenvalue weighted by Crippen LogP contribution is 2.14. The van der Waals surface area contributed by atoms with Crippen molar-refractivity contribution in [3.63, 3.8) is 0 Å². The maximum Gasteiger partial charge on any atom is 0.306 e. The van der Waals surface area contributed by atoms with E-state index in [9.17, 15) is 14.7 Å². The van der Waals surface area contributed by atoms with Crippen LogP contribution >= 0.6 is 0 Å². The minimum absolute atomic E-state index is 0.0600. The van der Waals surface area contributed by atoms with Crippen molar-refractivity contribution < 1.29 is 24.2 Å². The summed E-state index contributed by atoms with van der Waals surface area (Å²) in [6.07, 6.45) is 23.1. The van der Waals surface area contributed by atoms with Gasteiger partial charge in [0.1, 0.15) is 6.61 Å². The van der Waals surface area contributed by atoms with Crippen LogP contribution in [0.4, 0.5) is 0 Å². The number of unbranched alkanes of at least 4 members (excludes halogenated alkanes) is 16. The Hall–Kier alpha value is -1.10. The van der Waals surface area contributed by atoms with Crippen LogP contribution in [0.5, 0.6) is 0 Å². The van der Waals surface area contributed by atoms with Gasteiger partial charge in [0, 0.05) is 12.8 Å². The molecule has 0 saturated carbocycles. The zero-order chi connectivity index (χ0) is 26.0. The number of ether oxygens (including phenoxy) is 2. The predicted molar refractivity (Wildman–Crippen MR) is 145 cm³/mol. The molecule has 35 heavy (non-hydrogen) atoms. The number of carbonyl (C=O) groups excluding carboxylic acids is 2. The second-order valence-electron chi connectivity index (χ2n) is 10.7. The van der Waals surface area contributed by atoms with Gasteiger partial charge < -0.3 is 14.6 Å². The van der Waals surface area contributed by atoms with Gasteiger partial charge in [-0.25, -0.2) is 0 Å². The van der Waals surface area contributed by atoms with Crippen molar-refractivity contribution >= 4 is 11.9 Å². The molecule has 208 valence electrons. The van der Waals surface area contributed by atoms with E-state index in [0.717, 1.165) is 44.4 Å². The summed E-state index contributed by atoms with van der Waals surface area (Å²) >= 11 is 0. The fourth-order valence-corrected chi connectivity index (χ4v) is 4.27. The Morgan fingerprint density at radius 1 is 0.629 bits per heavy atom. The average molecular weight is 499 g/mol. The Balaban J connectivity index is 3.54. The molecule has 0 bridgehead atoms. The van der Waals surface area contributed by atoms with Gasteiger partial charge in [-0.1, -0.05) is 130 Å². The van der Waals surface area contributed by atoms with Crippen molar-refractivity contribution in [3.05, 3.63) is 0 Å². The van der Waals surface area contributed by atoms with Gasteiger partial charge in [0.2, 0.25) is 0 Å². The monoisotopic (exact) mass is 498 g/mol. The lowest BCUT2D eigenvalue weighted by Crippen LogP contribution is -2.28. The van der Waals surface area contributed by atoms with E-state index in [0.29, 0.717) is 12.8 Å². The van der Waals surface area contributed by atoms with E-state index in [-0.39, 0.29) is 25.2 Å². The topological polar surface area (TPSA) is 72.8 Å². The third kappa shape index (κ3) is 25.8. The highest BCUT2D eigenvalue weighted by molar-refractivity contribution is 5.70. The van der Waals surface area contributed by atoms with Crippen LogP contribution in [0.15, 0.2) is 0 Å². The maximum absolute atomic E-state index is 11.9. The highest BCUT2D eigenvalue weighted by atomic mass is 16.6. The number of esters is 2. The largest absolute Gasteiger partial charge is 0.462 e. The predicted octanol–water partition coefficient (Wildman–Crippen LogP) is 8.30. The Morgan fingerprint density at radius 3 is 1.51 bits per heavy atom. The molecule has 0 amide bonds. The molecule has 0 saturated heterocycles. The second kappa shape index (κ2) is 26.0. The molecule has 1 N–H and O–H groups in total. The molecular weight excluding hydrogens is 440 g/mol. The third-order valence-corrected chi connectivity index (χ3v) is 6.58. The van der Waals surface area contributed by atoms with E-state index in [2.05, 4.69) is 20.8 Å². The van der Waals surface area contributed by atoms with Crippen LogP contribution in [0.2, 0.25) is 0 Å². The van der Waals surface area contributed by atoms with Gasteiger partial charge in [-0.15, -0.1) is 0 Å². The molecule has 0 aromatic heterocycles. The molecule has 0 aliphatic rings. The SMILES string of the molecule is CCCCCCCCCC(=O)O[C@@H](CO)COC(=O)CCCCCCCCCCCCCC(C)C. The number of carbonyl (C=O) groups is 2. The molecule has 1 atom stereocenters. The highest BCUT2D eigenvalue weighted by Gasteiger charge is 2.16. The first kappa shape index (κ1) is 33.9. The molecule has 5 nitrogen and oxygen atoms in total. The molecule has 5 heteroatoms. The smallest absolute Gasteiger partial charge is 0.306 e. The van der Waals surface area contributed by atoms with Gasteiger partial charge in [-0.2, -0.15) is 0 Å². The molecule has 0 aliphatic heterocycles. The lowest BCUT2D eigenvalue weighted by atomic mass is 10.0. The van der Waals surface area contributed by atoms with Gasteiger partial charge in [-0.05, 0) is 18.8 Å². The number of hydrogen-bond donors (Lipinski definition) is 1. The summed E-state index contributed by atoms with van der Waals surface area (Å²) in [5.41, 5.74) is 0. The van der Waals surface area contributed by atoms with Crippen LogP contribution in [0.1, 0.15) is 156 Å². The minimum atomic E-state index is -0.758. The Morgan fingerprint density at radius 2 is 1.06 bits per heavy atom. The fourth-order valence-electron chi connectivity index (χ4n) is 4.27. The number of aliphatic hydroxyl groups is 1. The van der Waals surface area contributed by atoms with Crippen LogP contribution in [-0.2, 0) is 19.1 Å². The summed E-state index contributed by atoms with van der Waals surface area (Å²) in [6, 6.07) is 0. The number of hydrogen-bond acceptors (Lipinski definition) is 5. The van der Waals surface area contributed by atoms with Gasteiger partial charge >= 0.3 is 11.9 Å². The molecular formula is C30H58O5. The van der Waals surface area contributed by atoms with Crippen molar-refractivity contribution in [3.8, 4) is 0 Å². The zero-order valence-corrected chi connectivity index (χ0v) is 23.5. The first-order chi connectivity index (χ1) is 17.0. The first-order valence-electron chi connectivity index (χ1n) is 15.0. The van der Waals surface area contributed by atoms with Crippen LogP contribution in [-0.4, -0.2) is 36.4 Å². The standard InChI is InChI=1S/C30H58O5/c1-4-5-6-7-13-18-21-24-30(33)35-28(25-31)26-34-29(32)23-20-17-15-12-10-8-9-11-14-16-19-22-27(2)3/h27-28,31H,4-26H2,1-3H3/t28-/m0/s1. The van der Waals surface area contributed by atoms with Crippen LogP contribution in [0, 0.1) is 5.92 Å². The van der Waals surface area contributed by atoms with E-state index in [1.807, 2.05) is 0 Å². The Labute approximate surface area is 217 Å². The average Bonchev–Trinajstić information content (AvgIpc) is 2.83. The minimum Gasteiger partial charge on any atom is -0.462 e. The van der Waals surface area contributed by atoms with E-state index in [1.54, 1.807) is 0 Å². The van der Waals surface area contributed by atoms with Crippen LogP contribution < -0.4 is 0 Å². The molecule has 0 rings (SSSR count). The third-order valence-electron chi connectivity index (χ3n) is 6.58. The summed E-state index contributed by atoms with van der Waals surface area (Å²) in [6.45, 7) is 6.41. The van der Waals surface area contributed by atoms with Gasteiger partial charge in [0.05, 0.1) is 6.61 Å². The van der Waals surface area contributed by atoms with Gasteiger partial charge in [0.15, 0.2) is 6.10 Å². The molecule has 0 aromatic rings. The lowest BCUT2D eigenvalue weighted by Gasteiger charge is -2.15. The van der Waals surface area contributed by atoms with Gasteiger partial charge in [0.25, 0.3) is 0 Å². The quantitative estimate of drug-likeness (QED) is 0.0959. The van der Waals surface area contributed by atoms with Crippen LogP contribution in [0.25, 0.3) is 0 Å². The first-order valence-corrected chi connectivity index (χ1v) is 15.0. The van der Waals surface area contributed by atoms with E-state index >= 15 is 0 Å².